The molecule has 2 nitrogen and oxygen atoms in total. The van der Waals surface area contributed by atoms with Gasteiger partial charge in [-0.3, -0.25) is 4.98 Å². The predicted octanol–water partition coefficient (Wildman–Crippen LogP) is 3.96. The molecule has 2 rings (SSSR count). The maximum absolute atomic E-state index is 13.9. The third-order valence-corrected chi connectivity index (χ3v) is 3.23. The zero-order chi connectivity index (χ0) is 14.7. The summed E-state index contributed by atoms with van der Waals surface area (Å²) in [6, 6.07) is 2.33. The molecule has 1 aromatic carbocycles. The summed E-state index contributed by atoms with van der Waals surface area (Å²) in [5.74, 6) is -2.78. The zero-order valence-corrected chi connectivity index (χ0v) is 12.2. The highest BCUT2D eigenvalue weighted by molar-refractivity contribution is 9.10. The number of pyridine rings is 1. The molecule has 1 atom stereocenters. The van der Waals surface area contributed by atoms with E-state index in [9.17, 15) is 13.2 Å². The first kappa shape index (κ1) is 15.0. The van der Waals surface area contributed by atoms with Gasteiger partial charge in [-0.1, -0.05) is 6.92 Å². The number of hydrogen-bond acceptors (Lipinski definition) is 2. The van der Waals surface area contributed by atoms with Crippen LogP contribution in [0.3, 0.4) is 0 Å². The van der Waals surface area contributed by atoms with Crippen LogP contribution < -0.4 is 5.32 Å². The van der Waals surface area contributed by atoms with Gasteiger partial charge in [-0.2, -0.15) is 0 Å². The summed E-state index contributed by atoms with van der Waals surface area (Å²) in [5, 5.41) is 2.98. The Morgan fingerprint density at radius 1 is 1.15 bits per heavy atom. The van der Waals surface area contributed by atoms with Gasteiger partial charge in [0.15, 0.2) is 0 Å². The van der Waals surface area contributed by atoms with E-state index in [0.29, 0.717) is 28.7 Å². The van der Waals surface area contributed by atoms with Crippen molar-refractivity contribution < 1.29 is 13.2 Å². The predicted molar refractivity (Wildman–Crippen MR) is 73.8 cm³/mol. The molecule has 0 amide bonds. The van der Waals surface area contributed by atoms with Crippen LogP contribution in [0.4, 0.5) is 13.2 Å². The van der Waals surface area contributed by atoms with E-state index in [4.69, 9.17) is 0 Å². The van der Waals surface area contributed by atoms with Crippen molar-refractivity contribution in [3.8, 4) is 0 Å². The van der Waals surface area contributed by atoms with E-state index in [-0.39, 0.29) is 5.56 Å². The van der Waals surface area contributed by atoms with Gasteiger partial charge in [0, 0.05) is 34.6 Å². The second-order valence-corrected chi connectivity index (χ2v) is 5.13. The molecule has 1 unspecified atom stereocenters. The summed E-state index contributed by atoms with van der Waals surface area (Å²) < 4.78 is 41.5. The van der Waals surface area contributed by atoms with Gasteiger partial charge in [0.2, 0.25) is 0 Å². The molecule has 1 aromatic heterocycles. The highest BCUT2D eigenvalue weighted by Gasteiger charge is 2.22. The van der Waals surface area contributed by atoms with Crippen molar-refractivity contribution in [1.82, 2.24) is 10.3 Å². The topological polar surface area (TPSA) is 24.9 Å². The van der Waals surface area contributed by atoms with Crippen molar-refractivity contribution in [3.05, 3.63) is 63.6 Å². The molecular weight excluding hydrogens is 333 g/mol. The summed E-state index contributed by atoms with van der Waals surface area (Å²) in [4.78, 5) is 3.98. The average Bonchev–Trinajstić information content (AvgIpc) is 2.36. The molecule has 0 bridgehead atoms. The smallest absolute Gasteiger partial charge is 0.134 e. The molecular formula is C14H12BrF3N2. The lowest BCUT2D eigenvalue weighted by Crippen LogP contribution is -2.24. The largest absolute Gasteiger partial charge is 0.306 e. The Hall–Kier alpha value is -1.40. The molecule has 1 N–H and O–H groups in total. The summed E-state index contributed by atoms with van der Waals surface area (Å²) in [6.45, 7) is 2.31. The first-order chi connectivity index (χ1) is 9.52. The molecule has 0 saturated heterocycles. The van der Waals surface area contributed by atoms with E-state index in [1.807, 2.05) is 6.92 Å². The van der Waals surface area contributed by atoms with Gasteiger partial charge in [-0.05, 0) is 34.1 Å². The van der Waals surface area contributed by atoms with E-state index in [2.05, 4.69) is 26.2 Å². The number of benzene rings is 1. The fraction of sp³-hybridized carbons (Fsp3) is 0.214. The van der Waals surface area contributed by atoms with Crippen LogP contribution in [0.2, 0.25) is 0 Å². The molecule has 0 fully saturated rings. The molecule has 6 heteroatoms. The van der Waals surface area contributed by atoms with Crippen molar-refractivity contribution >= 4 is 15.9 Å². The minimum atomic E-state index is -0.939. The average molecular weight is 345 g/mol. The standard InChI is InChI=1S/C14H12BrF3N2/c1-2-20-14(8-3-9(15)7-19-6-8)13-11(17)4-10(16)5-12(13)18/h3-7,14,20H,2H2,1H3. The van der Waals surface area contributed by atoms with Crippen molar-refractivity contribution in [2.24, 2.45) is 0 Å². The summed E-state index contributed by atoms with van der Waals surface area (Å²) >= 11 is 3.26. The van der Waals surface area contributed by atoms with Gasteiger partial charge in [0.25, 0.3) is 0 Å². The Morgan fingerprint density at radius 3 is 2.35 bits per heavy atom. The number of nitrogens with zero attached hydrogens (tertiary/aromatic N) is 1. The summed E-state index contributed by atoms with van der Waals surface area (Å²) in [7, 11) is 0. The second-order valence-electron chi connectivity index (χ2n) is 4.21. The quantitative estimate of drug-likeness (QED) is 0.907. The fourth-order valence-electron chi connectivity index (χ4n) is 2.01. The van der Waals surface area contributed by atoms with Gasteiger partial charge in [0.05, 0.1) is 6.04 Å². The van der Waals surface area contributed by atoms with Gasteiger partial charge >= 0.3 is 0 Å². The lowest BCUT2D eigenvalue weighted by molar-refractivity contribution is 0.491. The van der Waals surface area contributed by atoms with Crippen LogP contribution in [-0.4, -0.2) is 11.5 Å². The molecule has 0 aliphatic heterocycles. The van der Waals surface area contributed by atoms with Gasteiger partial charge in [-0.25, -0.2) is 13.2 Å². The van der Waals surface area contributed by atoms with Crippen LogP contribution in [0.5, 0.6) is 0 Å². The van der Waals surface area contributed by atoms with E-state index < -0.39 is 23.5 Å². The van der Waals surface area contributed by atoms with E-state index in [1.165, 1.54) is 6.20 Å². The van der Waals surface area contributed by atoms with Crippen molar-refractivity contribution in [2.45, 2.75) is 13.0 Å². The van der Waals surface area contributed by atoms with Gasteiger partial charge in [0.1, 0.15) is 17.5 Å². The Balaban J connectivity index is 2.54. The second kappa shape index (κ2) is 6.37. The Labute approximate surface area is 123 Å². The van der Waals surface area contributed by atoms with Crippen molar-refractivity contribution in [1.29, 1.82) is 0 Å². The Bertz CT molecular complexity index is 596. The molecule has 0 radical (unpaired) electrons. The molecule has 106 valence electrons. The highest BCUT2D eigenvalue weighted by atomic mass is 79.9. The minimum absolute atomic E-state index is 0.215. The number of halogens is 4. The van der Waals surface area contributed by atoms with Gasteiger partial charge in [-0.15, -0.1) is 0 Å². The number of rotatable bonds is 4. The molecule has 0 spiro atoms. The SMILES string of the molecule is CCNC(c1cncc(Br)c1)c1c(F)cc(F)cc1F. The fourth-order valence-corrected chi connectivity index (χ4v) is 2.39. The molecule has 0 aliphatic rings. The zero-order valence-electron chi connectivity index (χ0n) is 10.6. The van der Waals surface area contributed by atoms with Gasteiger partial charge < -0.3 is 5.32 Å². The normalized spacial score (nSPS) is 12.4. The van der Waals surface area contributed by atoms with E-state index in [0.717, 1.165) is 0 Å². The number of hydrogen-bond donors (Lipinski definition) is 1. The molecule has 1 heterocycles. The van der Waals surface area contributed by atoms with Crippen LogP contribution in [0, 0.1) is 17.5 Å². The molecule has 20 heavy (non-hydrogen) atoms. The maximum Gasteiger partial charge on any atom is 0.134 e. The molecule has 0 saturated carbocycles. The van der Waals surface area contributed by atoms with Crippen LogP contribution >= 0.6 is 15.9 Å². The molecule has 2 aromatic rings. The van der Waals surface area contributed by atoms with E-state index >= 15 is 0 Å². The minimum Gasteiger partial charge on any atom is -0.306 e. The third kappa shape index (κ3) is 3.19. The van der Waals surface area contributed by atoms with Crippen LogP contribution in [0.1, 0.15) is 24.1 Å². The Morgan fingerprint density at radius 2 is 1.80 bits per heavy atom. The van der Waals surface area contributed by atoms with Crippen molar-refractivity contribution in [3.63, 3.8) is 0 Å². The molecule has 0 aliphatic carbocycles. The van der Waals surface area contributed by atoms with Crippen LogP contribution in [-0.2, 0) is 0 Å². The summed E-state index contributed by atoms with van der Waals surface area (Å²) in [5.41, 5.74) is 0.374. The lowest BCUT2D eigenvalue weighted by atomic mass is 9.99. The lowest BCUT2D eigenvalue weighted by Gasteiger charge is -2.20. The number of nitrogens with one attached hydrogen (secondary N) is 1. The number of aromatic nitrogens is 1. The van der Waals surface area contributed by atoms with E-state index in [1.54, 1.807) is 12.3 Å². The first-order valence-electron chi connectivity index (χ1n) is 6.01. The highest BCUT2D eigenvalue weighted by Crippen LogP contribution is 2.28. The first-order valence-corrected chi connectivity index (χ1v) is 6.80. The Kier molecular flexibility index (Phi) is 4.77. The monoisotopic (exact) mass is 344 g/mol. The maximum atomic E-state index is 13.9. The van der Waals surface area contributed by atoms with Crippen LogP contribution in [0.25, 0.3) is 0 Å². The van der Waals surface area contributed by atoms with Crippen LogP contribution in [0.15, 0.2) is 35.1 Å². The third-order valence-electron chi connectivity index (χ3n) is 2.80. The summed E-state index contributed by atoms with van der Waals surface area (Å²) in [6.07, 6.45) is 3.09. The van der Waals surface area contributed by atoms with Crippen molar-refractivity contribution in [2.75, 3.05) is 6.54 Å².